The fraction of sp³-hybridized carbons (Fsp3) is 0.625. The Balaban J connectivity index is 2.51. The van der Waals surface area contributed by atoms with Crippen molar-refractivity contribution in [3.05, 3.63) is 18.1 Å². The summed E-state index contributed by atoms with van der Waals surface area (Å²) in [5, 5.41) is 13.8. The predicted octanol–water partition coefficient (Wildman–Crippen LogP) is 0.769. The van der Waals surface area contributed by atoms with E-state index in [0.29, 0.717) is 0 Å². The van der Waals surface area contributed by atoms with E-state index in [1.54, 1.807) is 0 Å². The number of allylic oxidation sites excluding steroid dienone is 1. The summed E-state index contributed by atoms with van der Waals surface area (Å²) in [6.07, 6.45) is 0. The number of nitrogens with one attached hydrogen (secondary N) is 1. The number of rotatable bonds is 4. The lowest BCUT2D eigenvalue weighted by Gasteiger charge is -2.21. The summed E-state index contributed by atoms with van der Waals surface area (Å²) >= 11 is 0. The number of tetrazole rings is 1. The van der Waals surface area contributed by atoms with Crippen molar-refractivity contribution in [2.75, 3.05) is 13.6 Å². The van der Waals surface area contributed by atoms with Crippen LogP contribution in [-0.4, -0.2) is 39.1 Å². The minimum absolute atomic E-state index is 0.264. The van der Waals surface area contributed by atoms with Gasteiger partial charge in [0.05, 0.1) is 0 Å². The summed E-state index contributed by atoms with van der Waals surface area (Å²) in [4.78, 5) is 2.07. The highest BCUT2D eigenvalue weighted by atomic mass is 15.5. The summed E-state index contributed by atoms with van der Waals surface area (Å²) in [6, 6.07) is 0. The van der Waals surface area contributed by atoms with Gasteiger partial charge in [0.25, 0.3) is 0 Å². The molecular weight excluding hydrogens is 166 g/mol. The highest BCUT2D eigenvalue weighted by Crippen LogP contribution is 2.11. The van der Waals surface area contributed by atoms with Crippen molar-refractivity contribution >= 4 is 0 Å². The van der Waals surface area contributed by atoms with Crippen molar-refractivity contribution in [3.8, 4) is 0 Å². The van der Waals surface area contributed by atoms with E-state index in [2.05, 4.69) is 39.0 Å². The molecule has 1 unspecified atom stereocenters. The first kappa shape index (κ1) is 9.70. The van der Waals surface area contributed by atoms with Gasteiger partial charge in [-0.1, -0.05) is 18.7 Å². The van der Waals surface area contributed by atoms with E-state index in [-0.39, 0.29) is 5.92 Å². The lowest BCUT2D eigenvalue weighted by molar-refractivity contribution is 0.387. The molecule has 72 valence electrons. The third-order valence-corrected chi connectivity index (χ3v) is 2.00. The molecule has 0 aliphatic heterocycles. The van der Waals surface area contributed by atoms with Crippen LogP contribution < -0.4 is 0 Å². The van der Waals surface area contributed by atoms with Gasteiger partial charge in [0, 0.05) is 25.2 Å². The van der Waals surface area contributed by atoms with Crippen LogP contribution in [0.1, 0.15) is 25.6 Å². The molecule has 5 heteroatoms. The van der Waals surface area contributed by atoms with Crippen LogP contribution in [0.15, 0.2) is 12.3 Å². The summed E-state index contributed by atoms with van der Waals surface area (Å²) in [5.74, 6) is 1.01. The smallest absolute Gasteiger partial charge is 0.179 e. The molecule has 0 radical (unpaired) electrons. The van der Waals surface area contributed by atoms with Crippen molar-refractivity contribution in [2.24, 2.45) is 0 Å². The van der Waals surface area contributed by atoms with Crippen LogP contribution in [0.25, 0.3) is 0 Å². The van der Waals surface area contributed by atoms with E-state index >= 15 is 0 Å². The molecule has 5 nitrogen and oxygen atoms in total. The molecule has 0 aromatic carbocycles. The number of aromatic amines is 1. The topological polar surface area (TPSA) is 57.7 Å². The van der Waals surface area contributed by atoms with Crippen LogP contribution in [-0.2, 0) is 0 Å². The second-order valence-corrected chi connectivity index (χ2v) is 3.29. The molecule has 1 aromatic heterocycles. The maximum absolute atomic E-state index is 3.92. The van der Waals surface area contributed by atoms with Gasteiger partial charge >= 0.3 is 0 Å². The first-order chi connectivity index (χ1) is 6.11. The standard InChI is InChI=1S/C8H15N5/c1-6(2)13(4)5-7(3)8-9-11-12-10-8/h7H,1,5H2,2-4H3,(H,9,10,11,12). The number of nitrogens with zero attached hydrogens (tertiary/aromatic N) is 4. The molecule has 1 rings (SSSR count). The van der Waals surface area contributed by atoms with E-state index in [1.807, 2.05) is 14.0 Å². The molecule has 1 heterocycles. The number of aromatic nitrogens is 4. The van der Waals surface area contributed by atoms with E-state index in [0.717, 1.165) is 18.1 Å². The molecule has 0 saturated heterocycles. The second kappa shape index (κ2) is 4.02. The minimum Gasteiger partial charge on any atom is -0.378 e. The molecule has 0 fully saturated rings. The fourth-order valence-corrected chi connectivity index (χ4v) is 1.03. The third-order valence-electron chi connectivity index (χ3n) is 2.00. The van der Waals surface area contributed by atoms with Crippen molar-refractivity contribution < 1.29 is 0 Å². The Kier molecular flexibility index (Phi) is 3.00. The maximum Gasteiger partial charge on any atom is 0.179 e. The fourth-order valence-electron chi connectivity index (χ4n) is 1.03. The summed E-state index contributed by atoms with van der Waals surface area (Å²) < 4.78 is 0. The van der Waals surface area contributed by atoms with Crippen molar-refractivity contribution in [2.45, 2.75) is 19.8 Å². The van der Waals surface area contributed by atoms with Gasteiger partial charge in [0.2, 0.25) is 0 Å². The second-order valence-electron chi connectivity index (χ2n) is 3.29. The van der Waals surface area contributed by atoms with Crippen molar-refractivity contribution in [1.29, 1.82) is 0 Å². The van der Waals surface area contributed by atoms with Crippen LogP contribution >= 0.6 is 0 Å². The quantitative estimate of drug-likeness (QED) is 0.745. The Labute approximate surface area is 77.8 Å². The predicted molar refractivity (Wildman–Crippen MR) is 50.0 cm³/mol. The Morgan fingerprint density at radius 1 is 1.69 bits per heavy atom. The minimum atomic E-state index is 0.264. The number of likely N-dealkylation sites (N-methyl/N-ethyl adjacent to an activating group) is 1. The average molecular weight is 181 g/mol. The van der Waals surface area contributed by atoms with Crippen LogP contribution in [0, 0.1) is 0 Å². The molecule has 1 atom stereocenters. The maximum atomic E-state index is 3.92. The molecule has 0 saturated carbocycles. The number of hydrogen-bond acceptors (Lipinski definition) is 4. The Morgan fingerprint density at radius 3 is 2.85 bits per heavy atom. The van der Waals surface area contributed by atoms with E-state index in [1.165, 1.54) is 0 Å². The zero-order chi connectivity index (χ0) is 9.84. The molecule has 0 amide bonds. The molecule has 1 aromatic rings. The van der Waals surface area contributed by atoms with Crippen molar-refractivity contribution in [3.63, 3.8) is 0 Å². The molecule has 0 aliphatic carbocycles. The largest absolute Gasteiger partial charge is 0.378 e. The highest BCUT2D eigenvalue weighted by molar-refractivity contribution is 4.94. The number of H-pyrrole nitrogens is 1. The van der Waals surface area contributed by atoms with Gasteiger partial charge in [-0.3, -0.25) is 0 Å². The van der Waals surface area contributed by atoms with Crippen molar-refractivity contribution in [1.82, 2.24) is 25.5 Å². The average Bonchev–Trinajstić information content (AvgIpc) is 2.55. The van der Waals surface area contributed by atoms with Gasteiger partial charge < -0.3 is 4.90 Å². The van der Waals surface area contributed by atoms with Gasteiger partial charge in [-0.05, 0) is 6.92 Å². The Morgan fingerprint density at radius 2 is 2.38 bits per heavy atom. The van der Waals surface area contributed by atoms with Crippen LogP contribution in [0.4, 0.5) is 0 Å². The lowest BCUT2D eigenvalue weighted by atomic mass is 10.1. The van der Waals surface area contributed by atoms with Gasteiger partial charge in [0.1, 0.15) is 0 Å². The SMILES string of the molecule is C=C(C)N(C)CC(C)c1nn[nH]n1. The van der Waals surface area contributed by atoms with Crippen LogP contribution in [0.2, 0.25) is 0 Å². The zero-order valence-electron chi connectivity index (χ0n) is 8.28. The Hall–Kier alpha value is -1.39. The van der Waals surface area contributed by atoms with E-state index < -0.39 is 0 Å². The van der Waals surface area contributed by atoms with Gasteiger partial charge in [-0.2, -0.15) is 5.21 Å². The van der Waals surface area contributed by atoms with Gasteiger partial charge in [0.15, 0.2) is 5.82 Å². The van der Waals surface area contributed by atoms with E-state index in [4.69, 9.17) is 0 Å². The van der Waals surface area contributed by atoms with Crippen LogP contribution in [0.3, 0.4) is 0 Å². The van der Waals surface area contributed by atoms with Crippen LogP contribution in [0.5, 0.6) is 0 Å². The monoisotopic (exact) mass is 181 g/mol. The lowest BCUT2D eigenvalue weighted by Crippen LogP contribution is -2.21. The molecule has 0 aliphatic rings. The van der Waals surface area contributed by atoms with Gasteiger partial charge in [-0.25, -0.2) is 0 Å². The molecule has 1 N–H and O–H groups in total. The first-order valence-electron chi connectivity index (χ1n) is 4.21. The Bertz CT molecular complexity index is 266. The van der Waals surface area contributed by atoms with Gasteiger partial charge in [-0.15, -0.1) is 10.2 Å². The summed E-state index contributed by atoms with van der Waals surface area (Å²) in [7, 11) is 2.00. The normalized spacial score (nSPS) is 12.5. The third kappa shape index (κ3) is 2.54. The van der Waals surface area contributed by atoms with E-state index in [9.17, 15) is 0 Å². The molecule has 13 heavy (non-hydrogen) atoms. The molecule has 0 spiro atoms. The summed E-state index contributed by atoms with van der Waals surface area (Å²) in [6.45, 7) is 8.74. The summed E-state index contributed by atoms with van der Waals surface area (Å²) in [5.41, 5.74) is 1.04. The molecular formula is C8H15N5. The highest BCUT2D eigenvalue weighted by Gasteiger charge is 2.12. The molecule has 0 bridgehead atoms. The number of hydrogen-bond donors (Lipinski definition) is 1. The first-order valence-corrected chi connectivity index (χ1v) is 4.21. The zero-order valence-corrected chi connectivity index (χ0v) is 8.28.